The molecule has 3 rings (SSSR count). The molecule has 9 heteroatoms. The summed E-state index contributed by atoms with van der Waals surface area (Å²) in [7, 11) is 0. The Morgan fingerprint density at radius 3 is 2.46 bits per heavy atom. The molecule has 0 saturated carbocycles. The van der Waals surface area contributed by atoms with Gasteiger partial charge in [0, 0.05) is 17.6 Å². The summed E-state index contributed by atoms with van der Waals surface area (Å²) in [4.78, 5) is 54.5. The second-order valence-corrected chi connectivity index (χ2v) is 7.40. The molecule has 1 N–H and O–H groups in total. The molecular formula is C19H20N4O4S. The summed E-state index contributed by atoms with van der Waals surface area (Å²) in [6.45, 7) is 3.91. The van der Waals surface area contributed by atoms with Crippen LogP contribution in [0.5, 0.6) is 0 Å². The van der Waals surface area contributed by atoms with Gasteiger partial charge in [-0.3, -0.25) is 19.3 Å². The number of hydrogen-bond acceptors (Lipinski definition) is 6. The minimum Gasteiger partial charge on any atom is -0.326 e. The topological polar surface area (TPSA) is 99.7 Å². The van der Waals surface area contributed by atoms with Crippen molar-refractivity contribution >= 4 is 40.8 Å². The van der Waals surface area contributed by atoms with Gasteiger partial charge in [-0.05, 0) is 25.5 Å². The lowest BCUT2D eigenvalue weighted by Crippen LogP contribution is -2.33. The van der Waals surface area contributed by atoms with E-state index in [-0.39, 0.29) is 25.4 Å². The molecule has 1 aliphatic heterocycles. The zero-order valence-electron chi connectivity index (χ0n) is 15.6. The standard InChI is InChI=1S/C19H20N4O4S/c1-3-8-22-17(25)18(26)23(19(22)27)10-14-11-28-16(21-14)9-15(24)20-13-6-4-12(2)5-7-13/h4-7,11H,3,8-10H2,1-2H3,(H,20,24). The molecule has 1 saturated heterocycles. The summed E-state index contributed by atoms with van der Waals surface area (Å²) in [5, 5.41) is 5.05. The smallest absolute Gasteiger partial charge is 0.326 e. The maximum absolute atomic E-state index is 12.3. The van der Waals surface area contributed by atoms with Gasteiger partial charge in [0.1, 0.15) is 5.01 Å². The third-order valence-electron chi connectivity index (χ3n) is 4.15. The summed E-state index contributed by atoms with van der Waals surface area (Å²) in [6, 6.07) is 6.84. The van der Waals surface area contributed by atoms with E-state index in [0.717, 1.165) is 15.4 Å². The molecule has 2 aromatic rings. The van der Waals surface area contributed by atoms with Crippen LogP contribution in [0.25, 0.3) is 0 Å². The summed E-state index contributed by atoms with van der Waals surface area (Å²) in [6.07, 6.45) is 0.664. The van der Waals surface area contributed by atoms with Crippen molar-refractivity contribution in [2.45, 2.75) is 33.2 Å². The van der Waals surface area contributed by atoms with Gasteiger partial charge in [-0.2, -0.15) is 0 Å². The molecule has 1 fully saturated rings. The first-order valence-corrected chi connectivity index (χ1v) is 9.74. The minimum absolute atomic E-state index is 0.0836. The molecule has 5 amide bonds. The van der Waals surface area contributed by atoms with Crippen LogP contribution in [0.15, 0.2) is 29.6 Å². The van der Waals surface area contributed by atoms with Crippen LogP contribution in [0.3, 0.4) is 0 Å². The van der Waals surface area contributed by atoms with Gasteiger partial charge in [-0.15, -0.1) is 11.3 Å². The van der Waals surface area contributed by atoms with E-state index in [0.29, 0.717) is 22.8 Å². The Hall–Kier alpha value is -3.07. The van der Waals surface area contributed by atoms with Gasteiger partial charge in [0.05, 0.1) is 18.7 Å². The average Bonchev–Trinajstić information content (AvgIpc) is 3.18. The van der Waals surface area contributed by atoms with E-state index >= 15 is 0 Å². The Bertz CT molecular complexity index is 922. The number of thiazole rings is 1. The average molecular weight is 400 g/mol. The van der Waals surface area contributed by atoms with Crippen molar-refractivity contribution in [2.75, 3.05) is 11.9 Å². The van der Waals surface area contributed by atoms with Gasteiger partial charge >= 0.3 is 17.8 Å². The fourth-order valence-corrected chi connectivity index (χ4v) is 3.54. The zero-order chi connectivity index (χ0) is 20.3. The molecule has 0 atom stereocenters. The first-order chi connectivity index (χ1) is 13.4. The molecule has 1 aliphatic rings. The van der Waals surface area contributed by atoms with Crippen molar-refractivity contribution in [1.29, 1.82) is 0 Å². The van der Waals surface area contributed by atoms with E-state index in [2.05, 4.69) is 10.3 Å². The van der Waals surface area contributed by atoms with Crippen LogP contribution < -0.4 is 5.32 Å². The van der Waals surface area contributed by atoms with E-state index in [1.807, 2.05) is 38.1 Å². The highest BCUT2D eigenvalue weighted by Gasteiger charge is 2.44. The van der Waals surface area contributed by atoms with E-state index in [9.17, 15) is 19.2 Å². The molecule has 0 unspecified atom stereocenters. The van der Waals surface area contributed by atoms with Crippen LogP contribution in [0, 0.1) is 6.92 Å². The number of aryl methyl sites for hydroxylation is 1. The Morgan fingerprint density at radius 1 is 1.11 bits per heavy atom. The lowest BCUT2D eigenvalue weighted by Gasteiger charge is -2.13. The maximum Gasteiger partial charge on any atom is 0.334 e. The summed E-state index contributed by atoms with van der Waals surface area (Å²) >= 11 is 1.27. The first kappa shape index (κ1) is 19.7. The van der Waals surface area contributed by atoms with E-state index < -0.39 is 17.8 Å². The number of urea groups is 1. The molecule has 0 spiro atoms. The Kier molecular flexibility index (Phi) is 5.84. The fourth-order valence-electron chi connectivity index (χ4n) is 2.75. The van der Waals surface area contributed by atoms with Crippen LogP contribution in [-0.4, -0.2) is 45.1 Å². The van der Waals surface area contributed by atoms with Crippen LogP contribution in [0.1, 0.15) is 29.6 Å². The van der Waals surface area contributed by atoms with Crippen molar-refractivity contribution in [3.8, 4) is 0 Å². The number of anilines is 1. The normalized spacial score (nSPS) is 14.1. The highest BCUT2D eigenvalue weighted by molar-refractivity contribution is 7.09. The quantitative estimate of drug-likeness (QED) is 0.568. The van der Waals surface area contributed by atoms with Crippen LogP contribution >= 0.6 is 11.3 Å². The van der Waals surface area contributed by atoms with Gasteiger partial charge in [0.2, 0.25) is 5.91 Å². The SMILES string of the molecule is CCCN1C(=O)C(=O)N(Cc2csc(CC(=O)Nc3ccc(C)cc3)n2)C1=O. The maximum atomic E-state index is 12.3. The third-order valence-corrected chi connectivity index (χ3v) is 5.05. The summed E-state index contributed by atoms with van der Waals surface area (Å²) in [5.74, 6) is -1.85. The monoisotopic (exact) mass is 400 g/mol. The largest absolute Gasteiger partial charge is 0.334 e. The van der Waals surface area contributed by atoms with Crippen LogP contribution in [0.2, 0.25) is 0 Å². The molecule has 1 aromatic carbocycles. The number of amides is 5. The molecule has 0 radical (unpaired) electrons. The van der Waals surface area contributed by atoms with Crippen molar-refractivity contribution in [1.82, 2.24) is 14.8 Å². The highest BCUT2D eigenvalue weighted by Crippen LogP contribution is 2.19. The minimum atomic E-state index is -0.842. The lowest BCUT2D eigenvalue weighted by molar-refractivity contribution is -0.143. The van der Waals surface area contributed by atoms with Gasteiger partial charge in [0.25, 0.3) is 0 Å². The van der Waals surface area contributed by atoms with Gasteiger partial charge in [0.15, 0.2) is 0 Å². The molecule has 146 valence electrons. The van der Waals surface area contributed by atoms with Gasteiger partial charge < -0.3 is 5.32 Å². The van der Waals surface area contributed by atoms with E-state index in [1.165, 1.54) is 11.3 Å². The number of aromatic nitrogens is 1. The predicted octanol–water partition coefficient (Wildman–Crippen LogP) is 2.33. The lowest BCUT2D eigenvalue weighted by atomic mass is 10.2. The predicted molar refractivity (Wildman–Crippen MR) is 104 cm³/mol. The number of nitrogens with one attached hydrogen (secondary N) is 1. The molecule has 28 heavy (non-hydrogen) atoms. The molecule has 0 aliphatic carbocycles. The number of carbonyl (C=O) groups excluding carboxylic acids is 4. The number of nitrogens with zero attached hydrogens (tertiary/aromatic N) is 3. The van der Waals surface area contributed by atoms with E-state index in [4.69, 9.17) is 0 Å². The molecule has 8 nitrogen and oxygen atoms in total. The second-order valence-electron chi connectivity index (χ2n) is 6.45. The molecule has 0 bridgehead atoms. The van der Waals surface area contributed by atoms with Gasteiger partial charge in [-0.1, -0.05) is 24.6 Å². The second kappa shape index (κ2) is 8.30. The molecule has 2 heterocycles. The highest BCUT2D eigenvalue weighted by atomic mass is 32.1. The van der Waals surface area contributed by atoms with Gasteiger partial charge in [-0.25, -0.2) is 14.7 Å². The molecule has 1 aromatic heterocycles. The number of benzene rings is 1. The van der Waals surface area contributed by atoms with Crippen molar-refractivity contribution in [3.05, 3.63) is 45.9 Å². The number of imide groups is 2. The number of rotatable bonds is 7. The zero-order valence-corrected chi connectivity index (χ0v) is 16.4. The Morgan fingerprint density at radius 2 is 1.79 bits per heavy atom. The summed E-state index contributed by atoms with van der Waals surface area (Å²) < 4.78 is 0. The fraction of sp³-hybridized carbons (Fsp3) is 0.316. The van der Waals surface area contributed by atoms with Crippen LogP contribution in [-0.2, 0) is 27.3 Å². The Balaban J connectivity index is 1.60. The Labute approximate surface area is 166 Å². The molecular weight excluding hydrogens is 380 g/mol. The summed E-state index contributed by atoms with van der Waals surface area (Å²) in [5.41, 5.74) is 2.27. The number of carbonyl (C=O) groups is 4. The van der Waals surface area contributed by atoms with Crippen LogP contribution in [0.4, 0.5) is 10.5 Å². The van der Waals surface area contributed by atoms with Crippen molar-refractivity contribution < 1.29 is 19.2 Å². The van der Waals surface area contributed by atoms with Crippen molar-refractivity contribution in [3.63, 3.8) is 0 Å². The van der Waals surface area contributed by atoms with E-state index in [1.54, 1.807) is 5.38 Å². The third kappa shape index (κ3) is 4.25. The first-order valence-electron chi connectivity index (χ1n) is 8.86. The number of hydrogen-bond donors (Lipinski definition) is 1. The van der Waals surface area contributed by atoms with Crippen molar-refractivity contribution in [2.24, 2.45) is 0 Å².